The highest BCUT2D eigenvalue weighted by atomic mass is 32.1. The first-order valence-corrected chi connectivity index (χ1v) is 10.4. The van der Waals surface area contributed by atoms with Gasteiger partial charge in [-0.2, -0.15) is 0 Å². The minimum atomic E-state index is -1.03. The quantitative estimate of drug-likeness (QED) is 0.497. The Morgan fingerprint density at radius 2 is 1.96 bits per heavy atom. The highest BCUT2D eigenvalue weighted by Gasteiger charge is 2.48. The van der Waals surface area contributed by atoms with Gasteiger partial charge in [-0.3, -0.25) is 9.59 Å². The summed E-state index contributed by atoms with van der Waals surface area (Å²) in [5.74, 6) is -1.29. The van der Waals surface area contributed by atoms with Gasteiger partial charge in [0.2, 0.25) is 5.78 Å². The molecule has 0 bridgehead atoms. The Hall–Kier alpha value is -1.82. The van der Waals surface area contributed by atoms with Crippen molar-refractivity contribution in [3.8, 4) is 0 Å². The van der Waals surface area contributed by atoms with Crippen LogP contribution in [-0.4, -0.2) is 38.8 Å². The van der Waals surface area contributed by atoms with E-state index in [1.54, 1.807) is 32.0 Å². The predicted molar refractivity (Wildman–Crippen MR) is 112 cm³/mol. The lowest BCUT2D eigenvalue weighted by atomic mass is 9.79. The van der Waals surface area contributed by atoms with Gasteiger partial charge >= 0.3 is 0 Å². The Bertz CT molecular complexity index is 749. The van der Waals surface area contributed by atoms with E-state index < -0.39 is 22.6 Å². The lowest BCUT2D eigenvalue weighted by Crippen LogP contribution is -2.61. The van der Waals surface area contributed by atoms with Crippen molar-refractivity contribution < 1.29 is 19.1 Å². The highest BCUT2D eigenvalue weighted by molar-refractivity contribution is 7.80. The summed E-state index contributed by atoms with van der Waals surface area (Å²) >= 11 is 5.16. The smallest absolute Gasteiger partial charge is 0.291 e. The normalized spacial score (nSPS) is 20.1. The molecule has 0 radical (unpaired) electrons. The molecule has 1 heterocycles. The van der Waals surface area contributed by atoms with E-state index in [9.17, 15) is 19.1 Å². The number of benzene rings is 1. The van der Waals surface area contributed by atoms with Gasteiger partial charge in [-0.05, 0) is 68.8 Å². The van der Waals surface area contributed by atoms with E-state index in [2.05, 4.69) is 0 Å². The van der Waals surface area contributed by atoms with Crippen molar-refractivity contribution in [1.82, 2.24) is 4.90 Å². The second-order valence-corrected chi connectivity index (χ2v) is 8.65. The van der Waals surface area contributed by atoms with Crippen LogP contribution in [0.5, 0.6) is 0 Å². The molecule has 0 spiro atoms. The number of carbonyl (C=O) groups is 2. The first kappa shape index (κ1) is 22.5. The molecule has 1 N–H and O–H groups in total. The molecule has 0 aromatic heterocycles. The molecule has 0 aliphatic carbocycles. The molecule has 6 heteroatoms. The van der Waals surface area contributed by atoms with E-state index in [1.165, 1.54) is 11.0 Å². The second kappa shape index (κ2) is 9.12. The van der Waals surface area contributed by atoms with Crippen molar-refractivity contribution in [3.05, 3.63) is 35.6 Å². The number of nitrogens with zero attached hydrogens (tertiary/aromatic N) is 1. The van der Waals surface area contributed by atoms with Gasteiger partial charge in [0.15, 0.2) is 5.05 Å². The number of Topliss-reactive ketones (excluding diaryl/α,β-unsaturated/α-hetero) is 1. The van der Waals surface area contributed by atoms with Crippen LogP contribution in [0, 0.1) is 11.2 Å². The Morgan fingerprint density at radius 1 is 1.29 bits per heavy atom. The summed E-state index contributed by atoms with van der Waals surface area (Å²) in [5, 5.41) is 10.1. The average Bonchev–Trinajstić information content (AvgIpc) is 2.68. The molecule has 1 amide bonds. The Labute approximate surface area is 172 Å². The van der Waals surface area contributed by atoms with Gasteiger partial charge in [-0.1, -0.05) is 39.0 Å². The molecule has 0 saturated carbocycles. The fourth-order valence-electron chi connectivity index (χ4n) is 3.77. The van der Waals surface area contributed by atoms with Gasteiger partial charge in [0.1, 0.15) is 11.4 Å². The predicted octanol–water partition coefficient (Wildman–Crippen LogP) is 4.79. The van der Waals surface area contributed by atoms with E-state index in [1.807, 2.05) is 6.92 Å². The van der Waals surface area contributed by atoms with Crippen molar-refractivity contribution in [1.29, 1.82) is 0 Å². The molecular weight excluding hydrogens is 377 g/mol. The summed E-state index contributed by atoms with van der Waals surface area (Å²) in [6, 6.07) is 6.58. The lowest BCUT2D eigenvalue weighted by Gasteiger charge is -2.46. The Kier molecular flexibility index (Phi) is 7.32. The molecule has 1 unspecified atom stereocenters. The van der Waals surface area contributed by atoms with E-state index in [0.717, 1.165) is 12.8 Å². The number of piperidine rings is 1. The fraction of sp³-hybridized carbons (Fsp3) is 0.591. The van der Waals surface area contributed by atoms with Crippen molar-refractivity contribution in [2.24, 2.45) is 5.41 Å². The fourth-order valence-corrected chi connectivity index (χ4v) is 4.08. The van der Waals surface area contributed by atoms with E-state index in [0.29, 0.717) is 44.2 Å². The lowest BCUT2D eigenvalue weighted by molar-refractivity contribution is -0.153. The average molecular weight is 408 g/mol. The first-order chi connectivity index (χ1) is 13.2. The van der Waals surface area contributed by atoms with Crippen LogP contribution < -0.4 is 0 Å². The van der Waals surface area contributed by atoms with Crippen LogP contribution in [-0.2, 0) is 16.0 Å². The molecule has 154 valence electrons. The topological polar surface area (TPSA) is 57.6 Å². The number of aliphatic hydroxyl groups excluding tert-OH is 1. The van der Waals surface area contributed by atoms with Crippen LogP contribution in [0.15, 0.2) is 24.3 Å². The number of rotatable bonds is 8. The Morgan fingerprint density at radius 3 is 2.57 bits per heavy atom. The zero-order valence-electron chi connectivity index (χ0n) is 17.0. The molecule has 2 rings (SSSR count). The molecule has 1 aromatic carbocycles. The molecule has 1 aliphatic rings. The van der Waals surface area contributed by atoms with Crippen LogP contribution in [0.1, 0.15) is 64.9 Å². The molecule has 1 saturated heterocycles. The first-order valence-electron chi connectivity index (χ1n) is 9.99. The van der Waals surface area contributed by atoms with Crippen LogP contribution >= 0.6 is 12.2 Å². The number of amides is 1. The number of ketones is 1. The standard InChI is InChI=1S/C22H30FNO3S/c1-4-21(2,3)18(25)19(26)24-15-8-7-13-22(24,20(27)28)14-9-11-16-10-5-6-12-17(16)23/h5-6,10,12H,4,7-9,11,13-15H2,1-3H3,(H,27,28). The van der Waals surface area contributed by atoms with Crippen molar-refractivity contribution >= 4 is 29.0 Å². The number of aliphatic hydroxyl groups is 1. The summed E-state index contributed by atoms with van der Waals surface area (Å²) < 4.78 is 13.9. The Balaban J connectivity index is 2.23. The monoisotopic (exact) mass is 407 g/mol. The van der Waals surface area contributed by atoms with Gasteiger partial charge in [0.05, 0.1) is 0 Å². The molecule has 1 aromatic rings. The maximum atomic E-state index is 13.9. The largest absolute Gasteiger partial charge is 0.500 e. The highest BCUT2D eigenvalue weighted by Crippen LogP contribution is 2.36. The summed E-state index contributed by atoms with van der Waals surface area (Å²) in [6.45, 7) is 5.78. The molecule has 28 heavy (non-hydrogen) atoms. The second-order valence-electron chi connectivity index (χ2n) is 8.26. The molecule has 1 aliphatic heterocycles. The minimum Gasteiger partial charge on any atom is -0.500 e. The summed E-state index contributed by atoms with van der Waals surface area (Å²) in [6.07, 6.45) is 4.09. The van der Waals surface area contributed by atoms with E-state index in [4.69, 9.17) is 12.2 Å². The van der Waals surface area contributed by atoms with Gasteiger partial charge in [0.25, 0.3) is 5.91 Å². The number of carbonyl (C=O) groups excluding carboxylic acids is 2. The third-order valence-electron chi connectivity index (χ3n) is 6.07. The maximum absolute atomic E-state index is 13.9. The third kappa shape index (κ3) is 4.59. The zero-order chi connectivity index (χ0) is 20.9. The number of halogens is 1. The van der Waals surface area contributed by atoms with Crippen LogP contribution in [0.2, 0.25) is 0 Å². The minimum absolute atomic E-state index is 0.254. The number of aryl methyl sites for hydroxylation is 1. The van der Waals surface area contributed by atoms with Crippen LogP contribution in [0.3, 0.4) is 0 Å². The number of hydrogen-bond acceptors (Lipinski definition) is 3. The SMILES string of the molecule is CCC(C)(C)C(=O)C(=O)N1CCCCC1(CCCc1ccccc1F)C(O)=S. The summed E-state index contributed by atoms with van der Waals surface area (Å²) in [4.78, 5) is 27.3. The molecule has 1 atom stereocenters. The third-order valence-corrected chi connectivity index (χ3v) is 6.45. The van der Waals surface area contributed by atoms with Crippen molar-refractivity contribution in [2.75, 3.05) is 6.54 Å². The number of thiocarbonyl (C=S) groups is 1. The van der Waals surface area contributed by atoms with E-state index in [-0.39, 0.29) is 10.9 Å². The maximum Gasteiger partial charge on any atom is 0.291 e. The van der Waals surface area contributed by atoms with Gasteiger partial charge in [-0.25, -0.2) is 4.39 Å². The van der Waals surface area contributed by atoms with Crippen LogP contribution in [0.4, 0.5) is 4.39 Å². The van der Waals surface area contributed by atoms with Crippen molar-refractivity contribution in [3.63, 3.8) is 0 Å². The van der Waals surface area contributed by atoms with E-state index >= 15 is 0 Å². The van der Waals surface area contributed by atoms with Gasteiger partial charge in [-0.15, -0.1) is 0 Å². The number of likely N-dealkylation sites (tertiary alicyclic amines) is 1. The summed E-state index contributed by atoms with van der Waals surface area (Å²) in [5.41, 5.74) is -1.20. The molecular formula is C22H30FNO3S. The van der Waals surface area contributed by atoms with Gasteiger partial charge < -0.3 is 10.0 Å². The molecule has 4 nitrogen and oxygen atoms in total. The molecule has 1 fully saturated rings. The zero-order valence-corrected chi connectivity index (χ0v) is 17.8. The van der Waals surface area contributed by atoms with Crippen molar-refractivity contribution in [2.45, 2.75) is 71.3 Å². The van der Waals surface area contributed by atoms with Crippen LogP contribution in [0.25, 0.3) is 0 Å². The number of hydrogen-bond donors (Lipinski definition) is 1. The summed E-state index contributed by atoms with van der Waals surface area (Å²) in [7, 11) is 0. The van der Waals surface area contributed by atoms with Gasteiger partial charge in [0, 0.05) is 12.0 Å².